The Kier molecular flexibility index (Phi) is 6.80. The van der Waals surface area contributed by atoms with Crippen LogP contribution in [0.2, 0.25) is 0 Å². The van der Waals surface area contributed by atoms with E-state index in [0.717, 1.165) is 50.7 Å². The summed E-state index contributed by atoms with van der Waals surface area (Å²) >= 11 is 1.68. The summed E-state index contributed by atoms with van der Waals surface area (Å²) in [5.74, 6) is -0.0517. The minimum absolute atomic E-state index is 0.0517. The van der Waals surface area contributed by atoms with Gasteiger partial charge < -0.3 is 10.4 Å². The lowest BCUT2D eigenvalue weighted by molar-refractivity contribution is 0.102. The molecule has 1 saturated heterocycles. The molecule has 0 unspecified atom stereocenters. The van der Waals surface area contributed by atoms with Crippen molar-refractivity contribution in [1.82, 2.24) is 9.80 Å². The maximum Gasteiger partial charge on any atom is 0.256 e. The Bertz CT molecular complexity index is 709. The lowest BCUT2D eigenvalue weighted by Gasteiger charge is -2.34. The molecule has 1 aliphatic rings. The Balaban J connectivity index is 1.66. The minimum atomic E-state index is -0.0517. The summed E-state index contributed by atoms with van der Waals surface area (Å²) in [6, 6.07) is 11.6. The molecule has 2 N–H and O–H groups in total. The van der Waals surface area contributed by atoms with Gasteiger partial charge in [-0.25, -0.2) is 0 Å². The van der Waals surface area contributed by atoms with Gasteiger partial charge in [0.05, 0.1) is 11.6 Å². The fraction of sp³-hybridized carbons (Fsp3) is 0.450. The van der Waals surface area contributed by atoms with E-state index in [9.17, 15) is 4.79 Å². The Morgan fingerprint density at radius 1 is 1.15 bits per heavy atom. The van der Waals surface area contributed by atoms with E-state index in [2.05, 4.69) is 28.1 Å². The summed E-state index contributed by atoms with van der Waals surface area (Å²) in [6.07, 6.45) is 0.975. The summed E-state index contributed by atoms with van der Waals surface area (Å²) in [5.41, 5.74) is 1.88. The normalized spacial score (nSPS) is 15.9. The molecule has 0 bridgehead atoms. The number of β-amino-alcohol motifs (C(OH)–C–C–N with tert-alkyl or cyclic N) is 1. The van der Waals surface area contributed by atoms with Gasteiger partial charge in [0.2, 0.25) is 0 Å². The first kappa shape index (κ1) is 19.0. The number of amides is 1. The number of aliphatic hydroxyl groups excluding tert-OH is 1. The number of nitrogens with zero attached hydrogens (tertiary/aromatic N) is 2. The molecule has 2 heterocycles. The van der Waals surface area contributed by atoms with E-state index in [1.54, 1.807) is 11.3 Å². The predicted molar refractivity (Wildman–Crippen MR) is 107 cm³/mol. The average Bonchev–Trinajstić information content (AvgIpc) is 3.06. The van der Waals surface area contributed by atoms with Gasteiger partial charge in [-0.15, -0.1) is 11.3 Å². The van der Waals surface area contributed by atoms with Crippen LogP contribution >= 0.6 is 11.3 Å². The Hall–Kier alpha value is -1.73. The Morgan fingerprint density at radius 2 is 1.85 bits per heavy atom. The van der Waals surface area contributed by atoms with Crippen molar-refractivity contribution in [3.05, 3.63) is 52.4 Å². The summed E-state index contributed by atoms with van der Waals surface area (Å²) in [4.78, 5) is 18.5. The number of hydrogen-bond acceptors (Lipinski definition) is 5. The first-order valence-electron chi connectivity index (χ1n) is 9.23. The highest BCUT2D eigenvalue weighted by Crippen LogP contribution is 2.30. The topological polar surface area (TPSA) is 55.8 Å². The van der Waals surface area contributed by atoms with Crippen LogP contribution in [-0.2, 0) is 13.0 Å². The Morgan fingerprint density at radius 3 is 2.50 bits per heavy atom. The number of nitrogens with one attached hydrogen (secondary N) is 1. The van der Waals surface area contributed by atoms with Crippen LogP contribution in [0.25, 0.3) is 0 Å². The fourth-order valence-corrected chi connectivity index (χ4v) is 4.21. The van der Waals surface area contributed by atoms with E-state index in [-0.39, 0.29) is 12.5 Å². The maximum absolute atomic E-state index is 12.5. The van der Waals surface area contributed by atoms with Crippen molar-refractivity contribution in [2.75, 3.05) is 44.6 Å². The van der Waals surface area contributed by atoms with Crippen molar-refractivity contribution in [2.45, 2.75) is 19.9 Å². The van der Waals surface area contributed by atoms with Crippen molar-refractivity contribution < 1.29 is 9.90 Å². The molecule has 1 aromatic carbocycles. The molecule has 1 fully saturated rings. The number of carbonyl (C=O) groups is 1. The van der Waals surface area contributed by atoms with Gasteiger partial charge in [0.15, 0.2) is 0 Å². The average molecular weight is 374 g/mol. The molecule has 0 saturated carbocycles. The van der Waals surface area contributed by atoms with Crippen LogP contribution in [0.1, 0.15) is 27.7 Å². The van der Waals surface area contributed by atoms with Crippen LogP contribution in [0, 0.1) is 0 Å². The number of carbonyl (C=O) groups excluding carboxylic acids is 1. The zero-order chi connectivity index (χ0) is 18.4. The predicted octanol–water partition coefficient (Wildman–Crippen LogP) is 2.67. The second kappa shape index (κ2) is 9.28. The quantitative estimate of drug-likeness (QED) is 0.783. The largest absolute Gasteiger partial charge is 0.395 e. The lowest BCUT2D eigenvalue weighted by atomic mass is 10.2. The van der Waals surface area contributed by atoms with Crippen molar-refractivity contribution in [2.24, 2.45) is 0 Å². The Labute approximate surface area is 159 Å². The molecule has 140 valence electrons. The van der Waals surface area contributed by atoms with Gasteiger partial charge in [0.1, 0.15) is 0 Å². The van der Waals surface area contributed by atoms with E-state index < -0.39 is 0 Å². The van der Waals surface area contributed by atoms with Gasteiger partial charge in [-0.3, -0.25) is 14.6 Å². The first-order chi connectivity index (χ1) is 12.7. The highest BCUT2D eigenvalue weighted by atomic mass is 32.1. The molecule has 1 amide bonds. The molecule has 2 aromatic rings. The van der Waals surface area contributed by atoms with Crippen molar-refractivity contribution in [3.8, 4) is 0 Å². The molecule has 0 spiro atoms. The fourth-order valence-electron chi connectivity index (χ4n) is 3.20. The van der Waals surface area contributed by atoms with Crippen LogP contribution in [0.15, 0.2) is 36.4 Å². The number of aliphatic hydroxyl groups is 1. The molecule has 6 heteroatoms. The van der Waals surface area contributed by atoms with Gasteiger partial charge in [-0.2, -0.15) is 0 Å². The maximum atomic E-state index is 12.5. The molecule has 0 atom stereocenters. The van der Waals surface area contributed by atoms with E-state index >= 15 is 0 Å². The van der Waals surface area contributed by atoms with Crippen molar-refractivity contribution in [1.29, 1.82) is 0 Å². The van der Waals surface area contributed by atoms with Crippen LogP contribution < -0.4 is 5.32 Å². The number of rotatable bonds is 7. The second-order valence-electron chi connectivity index (χ2n) is 6.58. The molecular formula is C20H27N3O2S. The molecule has 26 heavy (non-hydrogen) atoms. The molecule has 0 radical (unpaired) electrons. The summed E-state index contributed by atoms with van der Waals surface area (Å²) in [7, 11) is 0. The molecule has 1 aliphatic heterocycles. The van der Waals surface area contributed by atoms with Crippen LogP contribution in [-0.4, -0.2) is 60.1 Å². The van der Waals surface area contributed by atoms with Gasteiger partial charge in [-0.1, -0.05) is 25.1 Å². The van der Waals surface area contributed by atoms with Gasteiger partial charge in [0, 0.05) is 55.3 Å². The number of thiophene rings is 1. The summed E-state index contributed by atoms with van der Waals surface area (Å²) in [5, 5.41) is 13.1. The molecule has 5 nitrogen and oxygen atoms in total. The number of piperazine rings is 1. The molecular weight excluding hydrogens is 346 g/mol. The third-order valence-corrected chi connectivity index (χ3v) is 5.98. The van der Waals surface area contributed by atoms with E-state index in [1.165, 1.54) is 10.4 Å². The molecule has 0 aliphatic carbocycles. The van der Waals surface area contributed by atoms with Crippen molar-refractivity contribution in [3.63, 3.8) is 0 Å². The van der Waals surface area contributed by atoms with Gasteiger partial charge >= 0.3 is 0 Å². The molecule has 3 rings (SSSR count). The van der Waals surface area contributed by atoms with Crippen LogP contribution in [0.5, 0.6) is 0 Å². The van der Waals surface area contributed by atoms with Crippen LogP contribution in [0.3, 0.4) is 0 Å². The second-order valence-corrected chi connectivity index (χ2v) is 7.72. The monoisotopic (exact) mass is 373 g/mol. The summed E-state index contributed by atoms with van der Waals surface area (Å²) < 4.78 is 0. The smallest absolute Gasteiger partial charge is 0.256 e. The third kappa shape index (κ3) is 4.92. The number of hydrogen-bond donors (Lipinski definition) is 2. The van der Waals surface area contributed by atoms with E-state index in [0.29, 0.717) is 5.56 Å². The zero-order valence-corrected chi connectivity index (χ0v) is 16.1. The van der Waals surface area contributed by atoms with E-state index in [1.807, 2.05) is 30.3 Å². The SMILES string of the molecule is CCc1cc(CN2CCN(CCO)CC2)c(NC(=O)c2ccccc2)s1. The standard InChI is InChI=1S/C20H27N3O2S/c1-2-18-14-17(15-23-10-8-22(9-11-23)12-13-24)20(26-18)21-19(25)16-6-4-3-5-7-16/h3-7,14,24H,2,8-13,15H2,1H3,(H,21,25). The number of anilines is 1. The number of aryl methyl sites for hydroxylation is 1. The summed E-state index contributed by atoms with van der Waals surface area (Å²) in [6.45, 7) is 7.92. The van der Waals surface area contributed by atoms with E-state index in [4.69, 9.17) is 5.11 Å². The third-order valence-electron chi connectivity index (χ3n) is 4.75. The minimum Gasteiger partial charge on any atom is -0.395 e. The lowest BCUT2D eigenvalue weighted by Crippen LogP contribution is -2.46. The van der Waals surface area contributed by atoms with Gasteiger partial charge in [0.25, 0.3) is 5.91 Å². The van der Waals surface area contributed by atoms with Crippen molar-refractivity contribution >= 4 is 22.2 Å². The highest BCUT2D eigenvalue weighted by molar-refractivity contribution is 7.16. The van der Waals surface area contributed by atoms with Crippen LogP contribution in [0.4, 0.5) is 5.00 Å². The van der Waals surface area contributed by atoms with Gasteiger partial charge in [-0.05, 0) is 24.6 Å². The highest BCUT2D eigenvalue weighted by Gasteiger charge is 2.19. The number of benzene rings is 1. The molecule has 1 aromatic heterocycles. The zero-order valence-electron chi connectivity index (χ0n) is 15.3. The first-order valence-corrected chi connectivity index (χ1v) is 10.0.